The molecule has 5 bridgehead atoms. The maximum Gasteiger partial charge on any atom is 0.261 e. The molecule has 3 amide bonds. The summed E-state index contributed by atoms with van der Waals surface area (Å²) in [5.41, 5.74) is 4.70. The molecule has 4 aliphatic rings. The molecule has 2 aromatic rings. The van der Waals surface area contributed by atoms with Crippen LogP contribution < -0.4 is 16.1 Å². The summed E-state index contributed by atoms with van der Waals surface area (Å²) in [4.78, 5) is 45.5. The zero-order chi connectivity index (χ0) is 31.6. The lowest BCUT2D eigenvalue weighted by molar-refractivity contribution is -0.158. The molecule has 1 aliphatic carbocycles. The number of benzene rings is 1. The molecule has 1 aromatic heterocycles. The van der Waals surface area contributed by atoms with Gasteiger partial charge in [0.05, 0.1) is 35.9 Å². The summed E-state index contributed by atoms with van der Waals surface area (Å²) in [7, 11) is 0. The fraction of sp³-hybridized carbons (Fsp3) is 0.529. The van der Waals surface area contributed by atoms with Crippen LogP contribution in [0.3, 0.4) is 0 Å². The third-order valence-electron chi connectivity index (χ3n) is 9.43. The van der Waals surface area contributed by atoms with Crippen molar-refractivity contribution in [3.63, 3.8) is 0 Å². The first-order valence-electron chi connectivity index (χ1n) is 16.0. The number of fused-ring (bicyclic) bond motifs is 4. The van der Waals surface area contributed by atoms with E-state index in [1.54, 1.807) is 6.92 Å². The van der Waals surface area contributed by atoms with Crippen molar-refractivity contribution in [2.45, 2.75) is 76.6 Å². The van der Waals surface area contributed by atoms with E-state index in [2.05, 4.69) is 22.6 Å². The zero-order valence-electron chi connectivity index (χ0n) is 26.1. The molecule has 1 aromatic carbocycles. The topological polar surface area (TPSA) is 131 Å². The van der Waals surface area contributed by atoms with E-state index >= 15 is 0 Å². The molecule has 4 atom stereocenters. The van der Waals surface area contributed by atoms with E-state index in [1.807, 2.05) is 49.4 Å². The third kappa shape index (κ3) is 6.75. The van der Waals surface area contributed by atoms with Crippen LogP contribution in [0.25, 0.3) is 17.0 Å². The molecule has 45 heavy (non-hydrogen) atoms. The van der Waals surface area contributed by atoms with Gasteiger partial charge in [0, 0.05) is 17.8 Å². The maximum atomic E-state index is 13.8. The lowest BCUT2D eigenvalue weighted by Crippen LogP contribution is -2.61. The summed E-state index contributed by atoms with van der Waals surface area (Å²) < 4.78 is 18.0. The lowest BCUT2D eigenvalue weighted by atomic mass is 9.86. The summed E-state index contributed by atoms with van der Waals surface area (Å²) in [5, 5.41) is 8.38. The van der Waals surface area contributed by atoms with E-state index in [4.69, 9.17) is 19.2 Å². The molecule has 6 rings (SSSR count). The van der Waals surface area contributed by atoms with Gasteiger partial charge >= 0.3 is 0 Å². The average molecular weight is 618 g/mol. The molecular formula is C34H43N5O6. The average Bonchev–Trinajstić information content (AvgIpc) is 3.60. The van der Waals surface area contributed by atoms with E-state index in [0.717, 1.165) is 47.8 Å². The number of carbonyl (C=O) groups excluding carboxylic acids is 3. The van der Waals surface area contributed by atoms with Crippen molar-refractivity contribution < 1.29 is 28.6 Å². The summed E-state index contributed by atoms with van der Waals surface area (Å²) in [5.74, 6) is -0.515. The highest BCUT2D eigenvalue weighted by Gasteiger charge is 2.41. The second kappa shape index (κ2) is 13.3. The van der Waals surface area contributed by atoms with Crippen molar-refractivity contribution in [2.75, 3.05) is 26.6 Å². The fourth-order valence-electron chi connectivity index (χ4n) is 6.66. The number of hydrogen-bond acceptors (Lipinski definition) is 8. The predicted molar refractivity (Wildman–Crippen MR) is 168 cm³/mol. The summed E-state index contributed by atoms with van der Waals surface area (Å²) in [6, 6.07) is 8.15. The number of rotatable bonds is 1. The Balaban J connectivity index is 1.37. The van der Waals surface area contributed by atoms with Gasteiger partial charge in [-0.05, 0) is 57.2 Å². The normalized spacial score (nSPS) is 29.3. The molecule has 3 N–H and O–H groups in total. The molecular weight excluding hydrogens is 574 g/mol. The van der Waals surface area contributed by atoms with Gasteiger partial charge in [0.2, 0.25) is 5.91 Å². The quantitative estimate of drug-likeness (QED) is 0.443. The number of nitrogens with one attached hydrogen (secondary N) is 3. The SMILES string of the molecule is C=C1O[C@@H](C2CCCC2)C(=O)N[C@@H](C)C(=O)N2CCC[C@H](N2)C(=O)N[C@H](C)c2ccc3ccc(cc3n2)/C=C/C12COCOC2. The van der Waals surface area contributed by atoms with Crippen LogP contribution in [0, 0.1) is 11.3 Å². The minimum atomic E-state index is -0.835. The monoisotopic (exact) mass is 617 g/mol. The molecule has 1 spiro atoms. The smallest absolute Gasteiger partial charge is 0.261 e. The highest BCUT2D eigenvalue weighted by molar-refractivity contribution is 5.90. The number of ether oxygens (including phenoxy) is 3. The number of aromatic nitrogens is 1. The van der Waals surface area contributed by atoms with Crippen LogP contribution in [0.5, 0.6) is 0 Å². The summed E-state index contributed by atoms with van der Waals surface area (Å²) >= 11 is 0. The fourth-order valence-corrected chi connectivity index (χ4v) is 6.66. The second-order valence-corrected chi connectivity index (χ2v) is 12.8. The van der Waals surface area contributed by atoms with Crippen LogP contribution in [-0.2, 0) is 28.6 Å². The minimum absolute atomic E-state index is 0.0129. The van der Waals surface area contributed by atoms with Crippen molar-refractivity contribution in [1.82, 2.24) is 26.1 Å². The van der Waals surface area contributed by atoms with Crippen molar-refractivity contribution in [1.29, 1.82) is 0 Å². The number of hydrogen-bond donors (Lipinski definition) is 3. The first kappa shape index (κ1) is 31.2. The first-order chi connectivity index (χ1) is 21.7. The van der Waals surface area contributed by atoms with Gasteiger partial charge < -0.3 is 24.8 Å². The number of hydrazine groups is 1. The van der Waals surface area contributed by atoms with E-state index in [1.165, 1.54) is 5.01 Å². The number of carbonyl (C=O) groups is 3. The molecule has 11 heteroatoms. The van der Waals surface area contributed by atoms with Crippen LogP contribution in [0.2, 0.25) is 0 Å². The van der Waals surface area contributed by atoms with E-state index in [9.17, 15) is 14.4 Å². The Kier molecular flexibility index (Phi) is 9.21. The third-order valence-corrected chi connectivity index (χ3v) is 9.43. The van der Waals surface area contributed by atoms with Gasteiger partial charge in [0.1, 0.15) is 24.6 Å². The van der Waals surface area contributed by atoms with Crippen molar-refractivity contribution >= 4 is 34.7 Å². The van der Waals surface area contributed by atoms with Gasteiger partial charge in [-0.3, -0.25) is 24.4 Å². The Morgan fingerprint density at radius 1 is 0.933 bits per heavy atom. The van der Waals surface area contributed by atoms with Crippen LogP contribution >= 0.6 is 0 Å². The lowest BCUT2D eigenvalue weighted by Gasteiger charge is -2.38. The van der Waals surface area contributed by atoms with Gasteiger partial charge in [-0.2, -0.15) is 0 Å². The molecule has 11 nitrogen and oxygen atoms in total. The van der Waals surface area contributed by atoms with Gasteiger partial charge in [-0.15, -0.1) is 0 Å². The van der Waals surface area contributed by atoms with Crippen molar-refractivity contribution in [3.8, 4) is 0 Å². The molecule has 4 heterocycles. The van der Waals surface area contributed by atoms with Crippen LogP contribution in [-0.4, -0.2) is 72.5 Å². The number of nitrogens with zero attached hydrogens (tertiary/aromatic N) is 2. The van der Waals surface area contributed by atoms with E-state index in [0.29, 0.717) is 25.1 Å². The Morgan fingerprint density at radius 3 is 2.44 bits per heavy atom. The van der Waals surface area contributed by atoms with Crippen molar-refractivity contribution in [3.05, 3.63) is 60.0 Å². The number of pyridine rings is 1. The van der Waals surface area contributed by atoms with Crippen LogP contribution in [0.4, 0.5) is 0 Å². The molecule has 0 unspecified atom stereocenters. The van der Waals surface area contributed by atoms with Crippen molar-refractivity contribution in [2.24, 2.45) is 11.3 Å². The Morgan fingerprint density at radius 2 is 1.67 bits per heavy atom. The highest BCUT2D eigenvalue weighted by atomic mass is 16.7. The van der Waals surface area contributed by atoms with Crippen LogP contribution in [0.15, 0.2) is 48.7 Å². The van der Waals surface area contributed by atoms with Crippen LogP contribution in [0.1, 0.15) is 69.7 Å². The summed E-state index contributed by atoms with van der Waals surface area (Å²) in [6.45, 7) is 9.02. The molecule has 2 saturated heterocycles. The van der Waals surface area contributed by atoms with Gasteiger partial charge in [0.25, 0.3) is 11.8 Å². The first-order valence-corrected chi connectivity index (χ1v) is 16.0. The molecule has 240 valence electrons. The van der Waals surface area contributed by atoms with E-state index in [-0.39, 0.29) is 49.7 Å². The number of amides is 3. The van der Waals surface area contributed by atoms with Gasteiger partial charge in [-0.25, -0.2) is 5.43 Å². The molecule has 3 aliphatic heterocycles. The van der Waals surface area contributed by atoms with Gasteiger partial charge in [0.15, 0.2) is 6.10 Å². The van der Waals surface area contributed by atoms with E-state index < -0.39 is 23.6 Å². The zero-order valence-corrected chi connectivity index (χ0v) is 26.1. The Labute approximate surface area is 263 Å². The predicted octanol–water partition coefficient (Wildman–Crippen LogP) is 3.52. The standard InChI is InChI=1S/C34H43N5O6/c1-21-27-13-12-25-11-10-24(17-29(25)37-27)14-15-34(18-43-20-44-19-34)23(3)45-30(26-7-4-5-8-26)32(41)36-22(2)33(42)39-16-6-9-28(38-39)31(40)35-21/h10-15,17,21-22,26,28,30,38H,3-9,16,18-20H2,1-2H3,(H,35,40)(H,36,41)/b15-14+/t21-,22+,28+,30+/m1/s1. The molecule has 3 fully saturated rings. The molecule has 1 saturated carbocycles. The highest BCUT2D eigenvalue weighted by Crippen LogP contribution is 2.38. The second-order valence-electron chi connectivity index (χ2n) is 12.8. The largest absolute Gasteiger partial charge is 0.484 e. The molecule has 0 radical (unpaired) electrons. The Hall–Kier alpha value is -3.80. The minimum Gasteiger partial charge on any atom is -0.484 e. The van der Waals surface area contributed by atoms with Gasteiger partial charge in [-0.1, -0.05) is 49.8 Å². The maximum absolute atomic E-state index is 13.8. The summed E-state index contributed by atoms with van der Waals surface area (Å²) in [6.07, 6.45) is 8.06. The Bertz CT molecular complexity index is 1480.